The fourth-order valence-corrected chi connectivity index (χ4v) is 4.08. The highest BCUT2D eigenvalue weighted by Crippen LogP contribution is 2.30. The molecule has 3 nitrogen and oxygen atoms in total. The van der Waals surface area contributed by atoms with Crippen LogP contribution >= 0.6 is 0 Å². The Balaban J connectivity index is 2.45. The van der Waals surface area contributed by atoms with Crippen molar-refractivity contribution in [2.24, 2.45) is 11.7 Å². The molecule has 24 heavy (non-hydrogen) atoms. The van der Waals surface area contributed by atoms with E-state index in [1.165, 1.54) is 83.5 Å². The molecular formula is C21H43NO2. The molecule has 0 aromatic carbocycles. The van der Waals surface area contributed by atoms with Crippen molar-refractivity contribution in [3.05, 3.63) is 0 Å². The zero-order chi connectivity index (χ0) is 17.7. The van der Waals surface area contributed by atoms with E-state index in [1.807, 2.05) is 6.92 Å². The summed E-state index contributed by atoms with van der Waals surface area (Å²) in [6.45, 7) is 1.90. The van der Waals surface area contributed by atoms with Gasteiger partial charge in [-0.15, -0.1) is 0 Å². The van der Waals surface area contributed by atoms with Gasteiger partial charge in [-0.3, -0.25) is 0 Å². The van der Waals surface area contributed by atoms with Gasteiger partial charge >= 0.3 is 0 Å². The molecule has 1 fully saturated rings. The summed E-state index contributed by atoms with van der Waals surface area (Å²) in [4.78, 5) is 0. The Labute approximate surface area is 150 Å². The summed E-state index contributed by atoms with van der Waals surface area (Å²) in [6.07, 6.45) is 20.3. The number of hydrogen-bond acceptors (Lipinski definition) is 3. The predicted octanol–water partition coefficient (Wildman–Crippen LogP) is 5.28. The van der Waals surface area contributed by atoms with Crippen LogP contribution in [0.15, 0.2) is 0 Å². The summed E-state index contributed by atoms with van der Waals surface area (Å²) >= 11 is 0. The topological polar surface area (TPSA) is 66.5 Å². The Hall–Kier alpha value is -0.120. The molecule has 1 saturated carbocycles. The van der Waals surface area contributed by atoms with E-state index in [0.29, 0.717) is 0 Å². The lowest BCUT2D eigenvalue weighted by Gasteiger charge is -2.37. The summed E-state index contributed by atoms with van der Waals surface area (Å²) in [5, 5.41) is 19.2. The quantitative estimate of drug-likeness (QED) is 0.599. The van der Waals surface area contributed by atoms with Gasteiger partial charge in [-0.2, -0.15) is 0 Å². The molecule has 144 valence electrons. The van der Waals surface area contributed by atoms with Crippen LogP contribution in [0.3, 0.4) is 0 Å². The molecule has 0 bridgehead atoms. The second kappa shape index (κ2) is 13.1. The average Bonchev–Trinajstić information content (AvgIpc) is 2.56. The molecule has 1 unspecified atom stereocenters. The van der Waals surface area contributed by atoms with Gasteiger partial charge in [0.15, 0.2) is 6.29 Å². The van der Waals surface area contributed by atoms with Gasteiger partial charge < -0.3 is 15.9 Å². The van der Waals surface area contributed by atoms with Crippen molar-refractivity contribution in [1.29, 1.82) is 0 Å². The van der Waals surface area contributed by atoms with Crippen molar-refractivity contribution < 1.29 is 10.2 Å². The molecule has 4 N–H and O–H groups in total. The number of aliphatic hydroxyl groups excluding tert-OH is 1. The highest BCUT2D eigenvalue weighted by Gasteiger charge is 2.34. The third-order valence-corrected chi connectivity index (χ3v) is 6.14. The van der Waals surface area contributed by atoms with Gasteiger partial charge in [-0.05, 0) is 12.8 Å². The van der Waals surface area contributed by atoms with E-state index in [9.17, 15) is 10.2 Å². The maximum Gasteiger partial charge on any atom is 0.155 e. The number of aliphatic hydroxyl groups is 2. The van der Waals surface area contributed by atoms with Gasteiger partial charge in [-0.1, -0.05) is 103 Å². The molecule has 0 aromatic rings. The first-order valence-electron chi connectivity index (χ1n) is 10.7. The molecular weight excluding hydrogens is 298 g/mol. The molecule has 0 saturated heterocycles. The van der Waals surface area contributed by atoms with Crippen molar-refractivity contribution in [1.82, 2.24) is 0 Å². The molecule has 0 aromatic heterocycles. The van der Waals surface area contributed by atoms with E-state index in [0.717, 1.165) is 25.7 Å². The minimum atomic E-state index is -1.30. The summed E-state index contributed by atoms with van der Waals surface area (Å²) in [6, 6.07) is 0. The number of nitrogens with two attached hydrogens (primary N) is 1. The van der Waals surface area contributed by atoms with Gasteiger partial charge in [0.05, 0.1) is 0 Å². The zero-order valence-electron chi connectivity index (χ0n) is 16.1. The molecule has 1 aliphatic rings. The van der Waals surface area contributed by atoms with Crippen molar-refractivity contribution in [3.8, 4) is 0 Å². The summed E-state index contributed by atoms with van der Waals surface area (Å²) in [5.41, 5.74) is 6.22. The highest BCUT2D eigenvalue weighted by atomic mass is 16.5. The van der Waals surface area contributed by atoms with E-state index in [4.69, 9.17) is 5.73 Å². The first-order valence-corrected chi connectivity index (χ1v) is 10.7. The van der Waals surface area contributed by atoms with Crippen molar-refractivity contribution in [2.75, 3.05) is 0 Å². The van der Waals surface area contributed by atoms with Crippen molar-refractivity contribution in [2.45, 2.75) is 128 Å². The summed E-state index contributed by atoms with van der Waals surface area (Å²) in [5.74, 6) is -0.247. The van der Waals surface area contributed by atoms with E-state index in [2.05, 4.69) is 0 Å². The normalized spacial score (nSPS) is 24.9. The number of hydrogen-bond donors (Lipinski definition) is 3. The van der Waals surface area contributed by atoms with Crippen LogP contribution in [0.2, 0.25) is 0 Å². The molecule has 0 aliphatic heterocycles. The summed E-state index contributed by atoms with van der Waals surface area (Å²) < 4.78 is 0. The Morgan fingerprint density at radius 3 is 1.08 bits per heavy atom. The van der Waals surface area contributed by atoms with Crippen LogP contribution < -0.4 is 5.73 Å². The van der Waals surface area contributed by atoms with Crippen LogP contribution in [0.5, 0.6) is 0 Å². The predicted molar refractivity (Wildman–Crippen MR) is 103 cm³/mol. The minimum absolute atomic E-state index is 0.247. The lowest BCUT2D eigenvalue weighted by atomic mass is 9.77. The lowest BCUT2D eigenvalue weighted by molar-refractivity contribution is -0.102. The first-order chi connectivity index (χ1) is 11.6. The molecule has 0 heterocycles. The van der Waals surface area contributed by atoms with Crippen LogP contribution in [-0.2, 0) is 0 Å². The highest BCUT2D eigenvalue weighted by molar-refractivity contribution is 4.90. The average molecular weight is 342 g/mol. The molecule has 0 spiro atoms. The van der Waals surface area contributed by atoms with E-state index < -0.39 is 11.8 Å². The molecule has 0 radical (unpaired) electrons. The Kier molecular flexibility index (Phi) is 12.0. The second-order valence-corrected chi connectivity index (χ2v) is 8.24. The van der Waals surface area contributed by atoms with E-state index in [-0.39, 0.29) is 5.92 Å². The van der Waals surface area contributed by atoms with Crippen LogP contribution in [0, 0.1) is 5.92 Å². The Bertz CT molecular complexity index is 276. The van der Waals surface area contributed by atoms with Gasteiger partial charge in [0.25, 0.3) is 0 Å². The molecule has 1 rings (SSSR count). The molecule has 0 amide bonds. The van der Waals surface area contributed by atoms with E-state index in [1.54, 1.807) is 0 Å². The van der Waals surface area contributed by atoms with E-state index >= 15 is 0 Å². The zero-order valence-corrected chi connectivity index (χ0v) is 16.1. The smallest absolute Gasteiger partial charge is 0.155 e. The fraction of sp³-hybridized carbons (Fsp3) is 1.00. The van der Waals surface area contributed by atoms with Crippen LogP contribution in [-0.4, -0.2) is 22.0 Å². The van der Waals surface area contributed by atoms with Crippen LogP contribution in [0.1, 0.15) is 116 Å². The van der Waals surface area contributed by atoms with Crippen molar-refractivity contribution in [3.63, 3.8) is 0 Å². The standard InChI is InChI=1S/C21H43NO2/c1-19(20(23)24)21(22)17-15-13-11-9-7-5-3-2-4-6-8-10-12-14-16-18-21/h19-20,23-24H,2-18,22H2,1H3. The Morgan fingerprint density at radius 2 is 0.833 bits per heavy atom. The third-order valence-electron chi connectivity index (χ3n) is 6.14. The molecule has 1 atom stereocenters. The van der Waals surface area contributed by atoms with Gasteiger partial charge in [0, 0.05) is 11.5 Å². The maximum atomic E-state index is 9.61. The third kappa shape index (κ3) is 9.39. The van der Waals surface area contributed by atoms with Crippen LogP contribution in [0.4, 0.5) is 0 Å². The summed E-state index contributed by atoms with van der Waals surface area (Å²) in [7, 11) is 0. The molecule has 3 heteroatoms. The lowest BCUT2D eigenvalue weighted by Crippen LogP contribution is -2.50. The van der Waals surface area contributed by atoms with Gasteiger partial charge in [0.1, 0.15) is 0 Å². The largest absolute Gasteiger partial charge is 0.368 e. The minimum Gasteiger partial charge on any atom is -0.368 e. The van der Waals surface area contributed by atoms with Gasteiger partial charge in [-0.25, -0.2) is 0 Å². The first kappa shape index (κ1) is 21.9. The number of rotatable bonds is 2. The maximum absolute atomic E-state index is 9.61. The van der Waals surface area contributed by atoms with Gasteiger partial charge in [0.2, 0.25) is 0 Å². The second-order valence-electron chi connectivity index (χ2n) is 8.24. The van der Waals surface area contributed by atoms with Crippen LogP contribution in [0.25, 0.3) is 0 Å². The Morgan fingerprint density at radius 1 is 0.583 bits per heavy atom. The SMILES string of the molecule is CC(C(O)O)C1(N)CCCCCCCCCCCCCCCCC1. The monoisotopic (exact) mass is 341 g/mol. The fourth-order valence-electron chi connectivity index (χ4n) is 4.08. The molecule has 1 aliphatic carbocycles. The van der Waals surface area contributed by atoms with Crippen molar-refractivity contribution >= 4 is 0 Å².